The van der Waals surface area contributed by atoms with Gasteiger partial charge in [-0.05, 0) is 0 Å². The lowest BCUT2D eigenvalue weighted by Gasteiger charge is -2.27. The number of hydrogen-bond acceptors (Lipinski definition) is 6. The highest BCUT2D eigenvalue weighted by Gasteiger charge is 2.42. The van der Waals surface area contributed by atoms with Gasteiger partial charge in [0.1, 0.15) is 12.7 Å². The van der Waals surface area contributed by atoms with Gasteiger partial charge >= 0.3 is 16.2 Å². The van der Waals surface area contributed by atoms with E-state index in [0.717, 1.165) is 9.31 Å². The van der Waals surface area contributed by atoms with Gasteiger partial charge < -0.3 is 5.11 Å². The van der Waals surface area contributed by atoms with Crippen molar-refractivity contribution in [3.63, 3.8) is 0 Å². The molecule has 0 bridgehead atoms. The lowest BCUT2D eigenvalue weighted by molar-refractivity contribution is -0.139. The molecule has 0 aromatic heterocycles. The van der Waals surface area contributed by atoms with Crippen molar-refractivity contribution in [1.82, 2.24) is 14.0 Å². The zero-order valence-corrected chi connectivity index (χ0v) is 9.42. The average Bonchev–Trinajstić information content (AvgIpc) is 2.69. The fourth-order valence-corrected chi connectivity index (χ4v) is 2.99. The standard InChI is InChI=1S/C7H10N4O5S/c12-5-3-11(17(15,16)9-5)6-1-2-8-10(6)4-7(13)14/h2,6H,1,3-4H2,(H,9,12)(H,13,14). The summed E-state index contributed by atoms with van der Waals surface area (Å²) in [4.78, 5) is 21.6. The number of carbonyl (C=O) groups is 2. The smallest absolute Gasteiger partial charge is 0.324 e. The van der Waals surface area contributed by atoms with Crippen LogP contribution in [0.5, 0.6) is 0 Å². The third kappa shape index (κ3) is 2.22. The quantitative estimate of drug-likeness (QED) is 0.593. The number of aliphatic carboxylic acids is 1. The van der Waals surface area contributed by atoms with E-state index in [1.807, 2.05) is 4.72 Å². The van der Waals surface area contributed by atoms with Crippen LogP contribution in [0.3, 0.4) is 0 Å². The first-order valence-corrected chi connectivity index (χ1v) is 6.17. The van der Waals surface area contributed by atoms with Gasteiger partial charge in [-0.2, -0.15) is 17.8 Å². The van der Waals surface area contributed by atoms with Crippen LogP contribution in [0, 0.1) is 0 Å². The molecule has 0 radical (unpaired) electrons. The summed E-state index contributed by atoms with van der Waals surface area (Å²) in [7, 11) is -3.87. The third-order valence-electron chi connectivity index (χ3n) is 2.37. The number of hydrogen-bond donors (Lipinski definition) is 2. The van der Waals surface area contributed by atoms with Crippen molar-refractivity contribution in [2.24, 2.45) is 5.10 Å². The normalized spacial score (nSPS) is 27.4. The molecule has 0 aromatic rings. The minimum atomic E-state index is -3.87. The Kier molecular flexibility index (Phi) is 2.75. The van der Waals surface area contributed by atoms with Crippen molar-refractivity contribution in [2.75, 3.05) is 13.1 Å². The Morgan fingerprint density at radius 3 is 2.88 bits per heavy atom. The second kappa shape index (κ2) is 3.96. The Hall–Kier alpha value is -1.68. The summed E-state index contributed by atoms with van der Waals surface area (Å²) in [5, 5.41) is 13.6. The van der Waals surface area contributed by atoms with Gasteiger partial charge in [0, 0.05) is 12.6 Å². The van der Waals surface area contributed by atoms with Gasteiger partial charge in [-0.25, -0.2) is 4.72 Å². The second-order valence-electron chi connectivity index (χ2n) is 3.58. The molecule has 1 saturated heterocycles. The number of nitrogens with zero attached hydrogens (tertiary/aromatic N) is 3. The van der Waals surface area contributed by atoms with Crippen molar-refractivity contribution in [3.8, 4) is 0 Å². The second-order valence-corrected chi connectivity index (χ2v) is 5.20. The largest absolute Gasteiger partial charge is 0.480 e. The number of carboxylic acids is 1. The number of carbonyl (C=O) groups excluding carboxylic acids is 1. The molecule has 94 valence electrons. The number of carboxylic acid groups (broad SMARTS) is 1. The Bertz CT molecular complexity index is 486. The monoisotopic (exact) mass is 262 g/mol. The predicted molar refractivity (Wildman–Crippen MR) is 55.0 cm³/mol. The highest BCUT2D eigenvalue weighted by atomic mass is 32.2. The van der Waals surface area contributed by atoms with E-state index in [2.05, 4.69) is 5.10 Å². The number of nitrogens with one attached hydrogen (secondary N) is 1. The molecule has 17 heavy (non-hydrogen) atoms. The Balaban J connectivity index is 2.18. The first-order valence-electron chi connectivity index (χ1n) is 4.73. The highest BCUT2D eigenvalue weighted by molar-refractivity contribution is 7.88. The van der Waals surface area contributed by atoms with Gasteiger partial charge in [-0.15, -0.1) is 0 Å². The Labute approximate surface area is 96.9 Å². The van der Waals surface area contributed by atoms with Crippen LogP contribution in [0.2, 0.25) is 0 Å². The van der Waals surface area contributed by atoms with Gasteiger partial charge in [0.15, 0.2) is 0 Å². The van der Waals surface area contributed by atoms with E-state index in [-0.39, 0.29) is 13.0 Å². The van der Waals surface area contributed by atoms with Crippen LogP contribution in [0.4, 0.5) is 0 Å². The zero-order chi connectivity index (χ0) is 12.6. The maximum absolute atomic E-state index is 11.6. The van der Waals surface area contributed by atoms with Crippen LogP contribution in [-0.2, 0) is 19.8 Å². The molecule has 0 spiro atoms. The van der Waals surface area contributed by atoms with Crippen LogP contribution in [0.15, 0.2) is 5.10 Å². The molecule has 0 aromatic carbocycles. The number of rotatable bonds is 3. The van der Waals surface area contributed by atoms with Crippen LogP contribution >= 0.6 is 0 Å². The minimum Gasteiger partial charge on any atom is -0.480 e. The van der Waals surface area contributed by atoms with Gasteiger partial charge in [-0.1, -0.05) is 0 Å². The molecule has 1 atom stereocenters. The van der Waals surface area contributed by atoms with E-state index in [4.69, 9.17) is 5.11 Å². The van der Waals surface area contributed by atoms with E-state index >= 15 is 0 Å². The fourth-order valence-electron chi connectivity index (χ4n) is 1.72. The Morgan fingerprint density at radius 2 is 2.35 bits per heavy atom. The highest BCUT2D eigenvalue weighted by Crippen LogP contribution is 2.20. The summed E-state index contributed by atoms with van der Waals surface area (Å²) in [6.07, 6.45) is 0.919. The zero-order valence-electron chi connectivity index (χ0n) is 8.61. The van der Waals surface area contributed by atoms with Gasteiger partial charge in [0.05, 0.1) is 6.54 Å². The summed E-state index contributed by atoms with van der Waals surface area (Å²) >= 11 is 0. The summed E-state index contributed by atoms with van der Waals surface area (Å²) in [5.41, 5.74) is 0. The van der Waals surface area contributed by atoms with E-state index in [9.17, 15) is 18.0 Å². The third-order valence-corrected chi connectivity index (χ3v) is 3.85. The molecule has 2 heterocycles. The molecule has 2 aliphatic rings. The molecular weight excluding hydrogens is 252 g/mol. The topological polar surface area (TPSA) is 119 Å². The van der Waals surface area contributed by atoms with Crippen LogP contribution in [-0.4, -0.2) is 60.2 Å². The molecule has 2 N–H and O–H groups in total. The van der Waals surface area contributed by atoms with Crippen molar-refractivity contribution < 1.29 is 23.1 Å². The molecule has 1 unspecified atom stereocenters. The minimum absolute atomic E-state index is 0.251. The lowest BCUT2D eigenvalue weighted by atomic mass is 10.3. The fraction of sp³-hybridized carbons (Fsp3) is 0.571. The van der Waals surface area contributed by atoms with Gasteiger partial charge in [0.25, 0.3) is 0 Å². The summed E-state index contributed by atoms with van der Waals surface area (Å²) in [6, 6.07) is 0. The number of amides is 1. The van der Waals surface area contributed by atoms with E-state index in [1.54, 1.807) is 0 Å². The molecule has 0 aliphatic carbocycles. The van der Waals surface area contributed by atoms with Crippen LogP contribution < -0.4 is 4.72 Å². The van der Waals surface area contributed by atoms with Crippen molar-refractivity contribution in [2.45, 2.75) is 12.6 Å². The van der Waals surface area contributed by atoms with Crippen LogP contribution in [0.25, 0.3) is 0 Å². The van der Waals surface area contributed by atoms with Crippen LogP contribution in [0.1, 0.15) is 6.42 Å². The molecule has 1 amide bonds. The summed E-state index contributed by atoms with van der Waals surface area (Å²) < 4.78 is 25.8. The van der Waals surface area contributed by atoms with E-state index < -0.39 is 34.8 Å². The molecule has 1 fully saturated rings. The lowest BCUT2D eigenvalue weighted by Crippen LogP contribution is -2.47. The number of hydrazone groups is 1. The molecule has 10 heteroatoms. The first-order chi connectivity index (χ1) is 7.90. The maximum Gasteiger partial charge on any atom is 0.324 e. The molecule has 2 aliphatic heterocycles. The molecular formula is C7H10N4O5S. The average molecular weight is 262 g/mol. The van der Waals surface area contributed by atoms with Gasteiger partial charge in [0.2, 0.25) is 5.91 Å². The van der Waals surface area contributed by atoms with E-state index in [0.29, 0.717) is 0 Å². The summed E-state index contributed by atoms with van der Waals surface area (Å²) in [6.45, 7) is -0.728. The molecule has 9 nitrogen and oxygen atoms in total. The first kappa shape index (κ1) is 11.8. The van der Waals surface area contributed by atoms with Crippen molar-refractivity contribution >= 4 is 28.3 Å². The SMILES string of the molecule is O=C(O)CN1N=CCC1N1CC(=O)NS1(=O)=O. The maximum atomic E-state index is 11.6. The molecule has 0 saturated carbocycles. The Morgan fingerprint density at radius 1 is 1.65 bits per heavy atom. The van der Waals surface area contributed by atoms with Gasteiger partial charge in [-0.3, -0.25) is 14.6 Å². The summed E-state index contributed by atoms with van der Waals surface area (Å²) in [5.74, 6) is -1.75. The van der Waals surface area contributed by atoms with Crippen molar-refractivity contribution in [3.05, 3.63) is 0 Å². The predicted octanol–water partition coefficient (Wildman–Crippen LogP) is -2.23. The molecule has 2 rings (SSSR count). The van der Waals surface area contributed by atoms with Crippen molar-refractivity contribution in [1.29, 1.82) is 0 Å². The van der Waals surface area contributed by atoms with E-state index in [1.165, 1.54) is 6.21 Å².